The maximum absolute atomic E-state index is 8.81. The van der Waals surface area contributed by atoms with Crippen molar-refractivity contribution >= 4 is 28.1 Å². The molecular weight excluding hydrogens is 280 g/mol. The zero-order chi connectivity index (χ0) is 16.1. The van der Waals surface area contributed by atoms with Gasteiger partial charge in [0.1, 0.15) is 6.07 Å². The van der Waals surface area contributed by atoms with Gasteiger partial charge >= 0.3 is 0 Å². The number of nitrogens with zero attached hydrogens (tertiary/aromatic N) is 3. The summed E-state index contributed by atoms with van der Waals surface area (Å²) in [6.45, 7) is 3.49. The predicted molar refractivity (Wildman–Crippen MR) is 87.1 cm³/mol. The van der Waals surface area contributed by atoms with Gasteiger partial charge < -0.3 is 15.0 Å². The summed E-state index contributed by atoms with van der Waals surface area (Å²) in [5.41, 5.74) is 10.8. The SMILES string of the molecule is COCCn1c(C)cc2cc(N/N=C(\C#N)C(=N)N)ccc21. The fraction of sp³-hybridized carbons (Fsp3) is 0.267. The summed E-state index contributed by atoms with van der Waals surface area (Å²) in [6, 6.07) is 9.63. The Hall–Kier alpha value is -2.85. The van der Waals surface area contributed by atoms with Gasteiger partial charge in [-0.25, -0.2) is 0 Å². The molecule has 4 N–H and O–H groups in total. The molecule has 1 heterocycles. The van der Waals surface area contributed by atoms with Gasteiger partial charge in [-0.3, -0.25) is 10.8 Å². The summed E-state index contributed by atoms with van der Waals surface area (Å²) in [4.78, 5) is 0. The van der Waals surface area contributed by atoms with E-state index in [0.29, 0.717) is 6.61 Å². The Morgan fingerprint density at radius 1 is 1.50 bits per heavy atom. The van der Waals surface area contributed by atoms with Gasteiger partial charge in [0.25, 0.3) is 0 Å². The quantitative estimate of drug-likeness (QED) is 0.429. The van der Waals surface area contributed by atoms with Gasteiger partial charge in [-0.15, -0.1) is 0 Å². The number of nitrogens with two attached hydrogens (primary N) is 1. The number of nitrogens with one attached hydrogen (secondary N) is 2. The third-order valence-electron chi connectivity index (χ3n) is 3.29. The van der Waals surface area contributed by atoms with Gasteiger partial charge in [0, 0.05) is 30.3 Å². The van der Waals surface area contributed by atoms with E-state index >= 15 is 0 Å². The molecule has 0 amide bonds. The molecule has 0 saturated heterocycles. The molecule has 0 saturated carbocycles. The van der Waals surface area contributed by atoms with E-state index in [2.05, 4.69) is 21.2 Å². The minimum Gasteiger partial charge on any atom is -0.383 e. The normalized spacial score (nSPS) is 11.4. The van der Waals surface area contributed by atoms with Crippen molar-refractivity contribution in [1.82, 2.24) is 4.57 Å². The maximum atomic E-state index is 8.81. The molecule has 0 aliphatic heterocycles. The maximum Gasteiger partial charge on any atom is 0.201 e. The largest absolute Gasteiger partial charge is 0.383 e. The molecule has 0 atom stereocenters. The molecule has 1 aromatic carbocycles. The smallest absolute Gasteiger partial charge is 0.201 e. The number of nitriles is 1. The molecular formula is C15H18N6O. The lowest BCUT2D eigenvalue weighted by Gasteiger charge is -2.08. The van der Waals surface area contributed by atoms with E-state index in [0.717, 1.165) is 28.8 Å². The van der Waals surface area contributed by atoms with Crippen LogP contribution in [0, 0.1) is 23.7 Å². The van der Waals surface area contributed by atoms with E-state index in [4.69, 9.17) is 21.1 Å². The molecule has 0 aliphatic carbocycles. The Kier molecular flexibility index (Phi) is 4.76. The molecule has 1 aromatic heterocycles. The highest BCUT2D eigenvalue weighted by Gasteiger charge is 2.06. The van der Waals surface area contributed by atoms with E-state index in [9.17, 15) is 0 Å². The van der Waals surface area contributed by atoms with Gasteiger partial charge in [0.2, 0.25) is 5.71 Å². The number of anilines is 1. The van der Waals surface area contributed by atoms with Crippen molar-refractivity contribution in [3.8, 4) is 6.07 Å². The molecule has 0 spiro atoms. The predicted octanol–water partition coefficient (Wildman–Crippen LogP) is 1.82. The molecule has 0 fully saturated rings. The zero-order valence-electron chi connectivity index (χ0n) is 12.6. The van der Waals surface area contributed by atoms with Crippen LogP contribution in [0.5, 0.6) is 0 Å². The third kappa shape index (κ3) is 3.24. The van der Waals surface area contributed by atoms with E-state index in [1.165, 1.54) is 0 Å². The summed E-state index contributed by atoms with van der Waals surface area (Å²) < 4.78 is 7.31. The van der Waals surface area contributed by atoms with Crippen LogP contribution in [0.2, 0.25) is 0 Å². The van der Waals surface area contributed by atoms with E-state index in [-0.39, 0.29) is 11.5 Å². The van der Waals surface area contributed by atoms with Crippen LogP contribution < -0.4 is 11.2 Å². The second-order valence-electron chi connectivity index (χ2n) is 4.80. The average molecular weight is 298 g/mol. The Labute approximate surface area is 128 Å². The number of benzene rings is 1. The van der Waals surface area contributed by atoms with Crippen LogP contribution in [0.4, 0.5) is 5.69 Å². The van der Waals surface area contributed by atoms with E-state index in [1.54, 1.807) is 13.2 Å². The highest BCUT2D eigenvalue weighted by atomic mass is 16.5. The number of aryl methyl sites for hydroxylation is 1. The summed E-state index contributed by atoms with van der Waals surface area (Å²) in [5.74, 6) is -0.363. The van der Waals surface area contributed by atoms with Crippen molar-refractivity contribution in [1.29, 1.82) is 10.7 Å². The average Bonchev–Trinajstić information content (AvgIpc) is 2.80. The molecule has 0 bridgehead atoms. The van der Waals surface area contributed by atoms with Crippen LogP contribution in [0.1, 0.15) is 5.69 Å². The highest BCUT2D eigenvalue weighted by Crippen LogP contribution is 2.23. The van der Waals surface area contributed by atoms with Crippen LogP contribution in [0.25, 0.3) is 10.9 Å². The molecule has 114 valence electrons. The number of methoxy groups -OCH3 is 1. The molecule has 7 nitrogen and oxygen atoms in total. The molecule has 0 unspecified atom stereocenters. The van der Waals surface area contributed by atoms with Gasteiger partial charge in [0.15, 0.2) is 5.84 Å². The topological polar surface area (TPSA) is 112 Å². The highest BCUT2D eigenvalue weighted by molar-refractivity contribution is 6.45. The van der Waals surface area contributed by atoms with Crippen molar-refractivity contribution in [3.05, 3.63) is 30.0 Å². The summed E-state index contributed by atoms with van der Waals surface area (Å²) in [5, 5.41) is 20.9. The zero-order valence-corrected chi connectivity index (χ0v) is 12.6. The number of hydrazone groups is 1. The first kappa shape index (κ1) is 15.5. The fourth-order valence-corrected chi connectivity index (χ4v) is 2.22. The first-order chi connectivity index (χ1) is 10.6. The monoisotopic (exact) mass is 298 g/mol. The van der Waals surface area contributed by atoms with Crippen LogP contribution in [0.3, 0.4) is 0 Å². The van der Waals surface area contributed by atoms with Crippen molar-refractivity contribution < 1.29 is 4.74 Å². The number of aromatic nitrogens is 1. The van der Waals surface area contributed by atoms with Crippen molar-refractivity contribution in [2.24, 2.45) is 10.8 Å². The van der Waals surface area contributed by atoms with Crippen LogP contribution in [-0.2, 0) is 11.3 Å². The van der Waals surface area contributed by atoms with E-state index in [1.807, 2.05) is 25.1 Å². The van der Waals surface area contributed by atoms with Crippen LogP contribution in [-0.4, -0.2) is 29.8 Å². The Morgan fingerprint density at radius 2 is 2.27 bits per heavy atom. The minimum absolute atomic E-state index is 0.144. The van der Waals surface area contributed by atoms with Gasteiger partial charge in [-0.05, 0) is 31.2 Å². The number of amidine groups is 1. The molecule has 0 aliphatic rings. The van der Waals surface area contributed by atoms with Crippen molar-refractivity contribution in [2.75, 3.05) is 19.1 Å². The fourth-order valence-electron chi connectivity index (χ4n) is 2.22. The molecule has 2 rings (SSSR count). The first-order valence-corrected chi connectivity index (χ1v) is 6.74. The minimum atomic E-state index is -0.363. The molecule has 2 aromatic rings. The molecule has 22 heavy (non-hydrogen) atoms. The number of hydrogen-bond acceptors (Lipinski definition) is 5. The second kappa shape index (κ2) is 6.74. The lowest BCUT2D eigenvalue weighted by Crippen LogP contribution is -2.21. The van der Waals surface area contributed by atoms with Gasteiger partial charge in [-0.1, -0.05) is 0 Å². The number of fused-ring (bicyclic) bond motifs is 1. The van der Waals surface area contributed by atoms with Crippen molar-refractivity contribution in [2.45, 2.75) is 13.5 Å². The lowest BCUT2D eigenvalue weighted by molar-refractivity contribution is 0.188. The molecule has 0 radical (unpaired) electrons. The van der Waals surface area contributed by atoms with Crippen LogP contribution >= 0.6 is 0 Å². The standard InChI is InChI=1S/C15H18N6O/c1-10-7-11-8-12(19-20-13(9-16)15(17)18)3-4-14(11)21(10)5-6-22-2/h3-4,7-8,19H,5-6H2,1-2H3,(H3,17,18)/b20-13+. The first-order valence-electron chi connectivity index (χ1n) is 6.74. The summed E-state index contributed by atoms with van der Waals surface area (Å²) in [7, 11) is 1.68. The number of hydrogen-bond donors (Lipinski definition) is 3. The number of rotatable bonds is 6. The Balaban J connectivity index is 2.29. The molecule has 7 heteroatoms. The van der Waals surface area contributed by atoms with Gasteiger partial charge in [-0.2, -0.15) is 10.4 Å². The third-order valence-corrected chi connectivity index (χ3v) is 3.29. The lowest BCUT2D eigenvalue weighted by atomic mass is 10.2. The second-order valence-corrected chi connectivity index (χ2v) is 4.80. The van der Waals surface area contributed by atoms with E-state index < -0.39 is 0 Å². The summed E-state index contributed by atoms with van der Waals surface area (Å²) >= 11 is 0. The number of ether oxygens (including phenoxy) is 1. The van der Waals surface area contributed by atoms with Crippen molar-refractivity contribution in [3.63, 3.8) is 0 Å². The Morgan fingerprint density at radius 3 is 2.91 bits per heavy atom. The van der Waals surface area contributed by atoms with Gasteiger partial charge in [0.05, 0.1) is 12.3 Å². The van der Waals surface area contributed by atoms with Crippen LogP contribution in [0.15, 0.2) is 29.4 Å². The summed E-state index contributed by atoms with van der Waals surface area (Å²) in [6.07, 6.45) is 0. The Bertz CT molecular complexity index is 768.